The number of amides is 2. The first-order valence-corrected chi connectivity index (χ1v) is 13.4. The molecule has 0 heterocycles. The molecule has 0 saturated heterocycles. The van der Waals surface area contributed by atoms with Crippen molar-refractivity contribution in [3.05, 3.63) is 64.7 Å². The van der Waals surface area contributed by atoms with Crippen LogP contribution < -0.4 is 9.62 Å². The fourth-order valence-electron chi connectivity index (χ4n) is 3.53. The molecule has 0 saturated carbocycles. The van der Waals surface area contributed by atoms with Crippen LogP contribution >= 0.6 is 11.6 Å². The lowest BCUT2D eigenvalue weighted by Crippen LogP contribution is -2.47. The number of carbonyl (C=O) groups excluding carboxylic acids is 2. The van der Waals surface area contributed by atoms with E-state index in [1.807, 2.05) is 0 Å². The summed E-state index contributed by atoms with van der Waals surface area (Å²) in [5.41, 5.74) is -0.381. The number of nitrogens with zero attached hydrogens (tertiary/aromatic N) is 2. The Morgan fingerprint density at radius 2 is 1.75 bits per heavy atom. The van der Waals surface area contributed by atoms with Gasteiger partial charge >= 0.3 is 6.18 Å². The second-order valence-electron chi connectivity index (χ2n) is 8.21. The summed E-state index contributed by atoms with van der Waals surface area (Å²) < 4.78 is 64.8. The van der Waals surface area contributed by atoms with E-state index in [0.717, 1.165) is 34.3 Å². The minimum Gasteiger partial charge on any atom is -0.355 e. The molecule has 198 valence electrons. The smallest absolute Gasteiger partial charge is 0.355 e. The van der Waals surface area contributed by atoms with Crippen molar-refractivity contribution < 1.29 is 31.2 Å². The highest BCUT2D eigenvalue weighted by Crippen LogP contribution is 2.32. The standard InChI is InChI=1S/C24H29ClF3N3O4S/c1-4-29-23(33)17(2)30(16-18-10-12-20(25)13-11-18)22(32)9-6-14-31(36(3,34)35)21-8-5-7-19(15-21)24(26,27)28/h5,7-8,10-13,15,17H,4,6,9,14,16H2,1-3H3,(H,29,33). The van der Waals surface area contributed by atoms with Crippen molar-refractivity contribution >= 4 is 39.1 Å². The van der Waals surface area contributed by atoms with Crippen LogP contribution in [-0.2, 0) is 32.3 Å². The van der Waals surface area contributed by atoms with Gasteiger partial charge in [0.15, 0.2) is 0 Å². The van der Waals surface area contributed by atoms with Gasteiger partial charge in [0.25, 0.3) is 0 Å². The number of alkyl halides is 3. The molecule has 0 aliphatic carbocycles. The lowest BCUT2D eigenvalue weighted by Gasteiger charge is -2.29. The number of nitrogens with one attached hydrogen (secondary N) is 1. The molecule has 0 radical (unpaired) electrons. The number of sulfonamides is 1. The van der Waals surface area contributed by atoms with E-state index in [0.29, 0.717) is 11.6 Å². The minimum absolute atomic E-state index is 0.0292. The van der Waals surface area contributed by atoms with E-state index in [1.54, 1.807) is 38.1 Å². The highest BCUT2D eigenvalue weighted by Gasteiger charge is 2.32. The lowest BCUT2D eigenvalue weighted by molar-refractivity contribution is -0.140. The average Bonchev–Trinajstić information content (AvgIpc) is 2.79. The summed E-state index contributed by atoms with van der Waals surface area (Å²) in [6.07, 6.45) is -3.84. The molecule has 1 N–H and O–H groups in total. The highest BCUT2D eigenvalue weighted by molar-refractivity contribution is 7.92. The zero-order valence-corrected chi connectivity index (χ0v) is 21.8. The molecular formula is C24H29ClF3N3O4S. The van der Waals surface area contributed by atoms with Crippen LogP contribution in [0.15, 0.2) is 48.5 Å². The van der Waals surface area contributed by atoms with Crippen molar-refractivity contribution in [2.24, 2.45) is 0 Å². The Kier molecular flexibility index (Phi) is 10.2. The van der Waals surface area contributed by atoms with Crippen LogP contribution in [-0.4, -0.2) is 50.5 Å². The quantitative estimate of drug-likeness (QED) is 0.450. The minimum atomic E-state index is -4.63. The molecule has 7 nitrogen and oxygen atoms in total. The number of halogens is 4. The third kappa shape index (κ3) is 8.41. The molecule has 2 amide bonds. The highest BCUT2D eigenvalue weighted by atomic mass is 35.5. The van der Waals surface area contributed by atoms with Crippen LogP contribution in [0.3, 0.4) is 0 Å². The van der Waals surface area contributed by atoms with Crippen molar-refractivity contribution in [2.75, 3.05) is 23.7 Å². The van der Waals surface area contributed by atoms with Crippen molar-refractivity contribution in [3.63, 3.8) is 0 Å². The van der Waals surface area contributed by atoms with Gasteiger partial charge in [0.05, 0.1) is 17.5 Å². The average molecular weight is 548 g/mol. The van der Waals surface area contributed by atoms with E-state index in [-0.39, 0.29) is 37.5 Å². The van der Waals surface area contributed by atoms with E-state index in [4.69, 9.17) is 11.6 Å². The SMILES string of the molecule is CCNC(=O)C(C)N(Cc1ccc(Cl)cc1)C(=O)CCCN(c1cccc(C(F)(F)F)c1)S(C)(=O)=O. The molecular weight excluding hydrogens is 519 g/mol. The van der Waals surface area contributed by atoms with Crippen LogP contribution in [0.25, 0.3) is 0 Å². The van der Waals surface area contributed by atoms with Crippen molar-refractivity contribution in [3.8, 4) is 0 Å². The van der Waals surface area contributed by atoms with Gasteiger partial charge in [0.1, 0.15) is 6.04 Å². The maximum Gasteiger partial charge on any atom is 0.416 e. The van der Waals surface area contributed by atoms with Gasteiger partial charge in [-0.05, 0) is 56.2 Å². The van der Waals surface area contributed by atoms with Gasteiger partial charge in [-0.15, -0.1) is 0 Å². The first kappa shape index (κ1) is 29.4. The zero-order chi connectivity index (χ0) is 27.1. The Hall–Kier alpha value is -2.79. The topological polar surface area (TPSA) is 86.8 Å². The van der Waals surface area contributed by atoms with Crippen molar-refractivity contribution in [2.45, 2.75) is 45.5 Å². The first-order valence-electron chi connectivity index (χ1n) is 11.2. The predicted octanol–water partition coefficient (Wildman–Crippen LogP) is 4.46. The molecule has 0 fully saturated rings. The van der Waals surface area contributed by atoms with Crippen LogP contribution in [0.1, 0.15) is 37.8 Å². The summed E-state index contributed by atoms with van der Waals surface area (Å²) in [5, 5.41) is 3.19. The van der Waals surface area contributed by atoms with E-state index in [2.05, 4.69) is 5.32 Å². The largest absolute Gasteiger partial charge is 0.416 e. The van der Waals surface area contributed by atoms with Gasteiger partial charge in [-0.25, -0.2) is 8.42 Å². The first-order chi connectivity index (χ1) is 16.7. The summed E-state index contributed by atoms with van der Waals surface area (Å²) in [6.45, 7) is 3.63. The molecule has 0 aliphatic heterocycles. The molecule has 2 aromatic rings. The normalized spacial score (nSPS) is 12.6. The number of hydrogen-bond acceptors (Lipinski definition) is 4. The summed E-state index contributed by atoms with van der Waals surface area (Å²) in [7, 11) is -3.92. The third-order valence-electron chi connectivity index (χ3n) is 5.40. The van der Waals surface area contributed by atoms with Crippen molar-refractivity contribution in [1.82, 2.24) is 10.2 Å². The second kappa shape index (κ2) is 12.4. The molecule has 1 atom stereocenters. The third-order valence-corrected chi connectivity index (χ3v) is 6.84. The van der Waals surface area contributed by atoms with Gasteiger partial charge in [-0.3, -0.25) is 13.9 Å². The fraction of sp³-hybridized carbons (Fsp3) is 0.417. The number of anilines is 1. The fourth-order valence-corrected chi connectivity index (χ4v) is 4.62. The molecule has 2 rings (SSSR count). The number of benzene rings is 2. The van der Waals surface area contributed by atoms with Gasteiger partial charge in [-0.2, -0.15) is 13.2 Å². The molecule has 12 heteroatoms. The molecule has 0 spiro atoms. The summed E-state index contributed by atoms with van der Waals surface area (Å²) >= 11 is 5.92. The number of carbonyl (C=O) groups is 2. The Bertz CT molecular complexity index is 1160. The van der Waals surface area contributed by atoms with Gasteiger partial charge < -0.3 is 10.2 Å². The van der Waals surface area contributed by atoms with Gasteiger partial charge in [-0.1, -0.05) is 29.8 Å². The summed E-state index contributed by atoms with van der Waals surface area (Å²) in [6, 6.07) is 9.98. The lowest BCUT2D eigenvalue weighted by atomic mass is 10.1. The Labute approximate surface area is 214 Å². The molecule has 2 aromatic carbocycles. The van der Waals surface area contributed by atoms with Crippen LogP contribution in [0.5, 0.6) is 0 Å². The van der Waals surface area contributed by atoms with Crippen LogP contribution in [0, 0.1) is 0 Å². The Balaban J connectivity index is 2.19. The number of likely N-dealkylation sites (N-methyl/N-ethyl adjacent to an activating group) is 1. The van der Waals surface area contributed by atoms with E-state index in [9.17, 15) is 31.2 Å². The molecule has 36 heavy (non-hydrogen) atoms. The van der Waals surface area contributed by atoms with E-state index in [1.165, 1.54) is 11.0 Å². The zero-order valence-electron chi connectivity index (χ0n) is 20.2. The molecule has 0 bridgehead atoms. The van der Waals surface area contributed by atoms with Crippen molar-refractivity contribution in [1.29, 1.82) is 0 Å². The maximum absolute atomic E-state index is 13.1. The summed E-state index contributed by atoms with van der Waals surface area (Å²) in [5.74, 6) is -0.747. The molecule has 0 aliphatic rings. The van der Waals surface area contributed by atoms with Gasteiger partial charge in [0.2, 0.25) is 21.8 Å². The van der Waals surface area contributed by atoms with E-state index < -0.39 is 33.7 Å². The Morgan fingerprint density at radius 3 is 2.31 bits per heavy atom. The van der Waals surface area contributed by atoms with Gasteiger partial charge in [0, 0.05) is 31.1 Å². The maximum atomic E-state index is 13.1. The summed E-state index contributed by atoms with van der Waals surface area (Å²) in [4.78, 5) is 26.9. The molecule has 0 aromatic heterocycles. The van der Waals surface area contributed by atoms with Crippen LogP contribution in [0.4, 0.5) is 18.9 Å². The molecule has 1 unspecified atom stereocenters. The monoisotopic (exact) mass is 547 g/mol. The second-order valence-corrected chi connectivity index (χ2v) is 10.5. The Morgan fingerprint density at radius 1 is 1.11 bits per heavy atom. The number of hydrogen-bond donors (Lipinski definition) is 1. The predicted molar refractivity (Wildman–Crippen MR) is 133 cm³/mol. The number of rotatable bonds is 11. The van der Waals surface area contributed by atoms with E-state index >= 15 is 0 Å². The van der Waals surface area contributed by atoms with Crippen LogP contribution in [0.2, 0.25) is 5.02 Å².